The number of fused-ring (bicyclic) bond motifs is 1. The molecule has 3 heteroatoms. The van der Waals surface area contributed by atoms with Crippen molar-refractivity contribution >= 4 is 0 Å². The number of nitrogens with zero attached hydrogens (tertiary/aromatic N) is 1. The summed E-state index contributed by atoms with van der Waals surface area (Å²) < 4.78 is 5.95. The number of piperidine rings is 1. The van der Waals surface area contributed by atoms with Gasteiger partial charge in [0.05, 0.1) is 6.10 Å². The summed E-state index contributed by atoms with van der Waals surface area (Å²) in [5.74, 6) is 0. The van der Waals surface area contributed by atoms with E-state index >= 15 is 0 Å². The van der Waals surface area contributed by atoms with Gasteiger partial charge in [0.2, 0.25) is 0 Å². The van der Waals surface area contributed by atoms with Gasteiger partial charge >= 0.3 is 0 Å². The van der Waals surface area contributed by atoms with E-state index in [1.54, 1.807) is 0 Å². The first-order chi connectivity index (χ1) is 9.42. The van der Waals surface area contributed by atoms with E-state index in [9.17, 15) is 0 Å². The van der Waals surface area contributed by atoms with Crippen LogP contribution in [0.5, 0.6) is 0 Å². The summed E-state index contributed by atoms with van der Waals surface area (Å²) in [7, 11) is 0. The lowest BCUT2D eigenvalue weighted by molar-refractivity contribution is 0.0276. The van der Waals surface area contributed by atoms with Crippen molar-refractivity contribution in [1.82, 2.24) is 10.2 Å². The molecule has 2 aliphatic heterocycles. The second kappa shape index (κ2) is 6.51. The van der Waals surface area contributed by atoms with E-state index in [-0.39, 0.29) is 0 Å². The predicted molar refractivity (Wildman–Crippen MR) is 77.0 cm³/mol. The van der Waals surface area contributed by atoms with Crippen molar-refractivity contribution in [2.45, 2.75) is 38.5 Å². The van der Waals surface area contributed by atoms with Gasteiger partial charge in [0.25, 0.3) is 0 Å². The monoisotopic (exact) mass is 260 g/mol. The van der Waals surface area contributed by atoms with E-state index < -0.39 is 0 Å². The van der Waals surface area contributed by atoms with Gasteiger partial charge in [-0.3, -0.25) is 4.90 Å². The van der Waals surface area contributed by atoms with Crippen molar-refractivity contribution in [1.29, 1.82) is 0 Å². The summed E-state index contributed by atoms with van der Waals surface area (Å²) in [5, 5.41) is 3.37. The Labute approximate surface area is 115 Å². The largest absolute Gasteiger partial charge is 0.378 e. The average molecular weight is 260 g/mol. The van der Waals surface area contributed by atoms with Crippen molar-refractivity contribution in [2.24, 2.45) is 0 Å². The molecule has 3 rings (SSSR count). The van der Waals surface area contributed by atoms with Crippen LogP contribution in [-0.2, 0) is 17.8 Å². The molecule has 104 valence electrons. The molecule has 1 aromatic carbocycles. The van der Waals surface area contributed by atoms with E-state index in [0.717, 1.165) is 45.8 Å². The van der Waals surface area contributed by atoms with Gasteiger partial charge in [0.1, 0.15) is 0 Å². The quantitative estimate of drug-likeness (QED) is 0.821. The Bertz CT molecular complexity index is 376. The fourth-order valence-corrected chi connectivity index (χ4v) is 3.06. The van der Waals surface area contributed by atoms with Crippen molar-refractivity contribution in [3.63, 3.8) is 0 Å². The topological polar surface area (TPSA) is 24.5 Å². The molecule has 0 amide bonds. The van der Waals surface area contributed by atoms with Crippen LogP contribution in [-0.4, -0.2) is 37.2 Å². The van der Waals surface area contributed by atoms with Gasteiger partial charge in [-0.05, 0) is 43.5 Å². The van der Waals surface area contributed by atoms with Gasteiger partial charge in [-0.25, -0.2) is 0 Å². The zero-order chi connectivity index (χ0) is 12.9. The van der Waals surface area contributed by atoms with Crippen LogP contribution in [0.25, 0.3) is 0 Å². The second-order valence-corrected chi connectivity index (χ2v) is 5.65. The van der Waals surface area contributed by atoms with Crippen molar-refractivity contribution in [3.8, 4) is 0 Å². The molecule has 0 unspecified atom stereocenters. The Balaban J connectivity index is 1.33. The van der Waals surface area contributed by atoms with Gasteiger partial charge < -0.3 is 10.1 Å². The SMILES string of the molecule is c1ccc2c(c1)CN(CCCOC1CCNCC1)C2. The maximum Gasteiger partial charge on any atom is 0.0599 e. The Morgan fingerprint density at radius 2 is 1.79 bits per heavy atom. The number of hydrogen-bond acceptors (Lipinski definition) is 3. The highest BCUT2D eigenvalue weighted by Gasteiger charge is 2.18. The summed E-state index contributed by atoms with van der Waals surface area (Å²) in [5.41, 5.74) is 3.00. The second-order valence-electron chi connectivity index (χ2n) is 5.65. The first-order valence-electron chi connectivity index (χ1n) is 7.53. The third kappa shape index (κ3) is 3.56. The lowest BCUT2D eigenvalue weighted by Crippen LogP contribution is -2.33. The first kappa shape index (κ1) is 13.1. The molecule has 1 aromatic rings. The van der Waals surface area contributed by atoms with Crippen LogP contribution in [0.15, 0.2) is 24.3 Å². The third-order valence-electron chi connectivity index (χ3n) is 4.16. The molecule has 0 aliphatic carbocycles. The van der Waals surface area contributed by atoms with E-state index in [1.165, 1.54) is 24.0 Å². The van der Waals surface area contributed by atoms with E-state index in [1.807, 2.05) is 0 Å². The molecule has 0 spiro atoms. The van der Waals surface area contributed by atoms with Crippen molar-refractivity contribution in [2.75, 3.05) is 26.2 Å². The van der Waals surface area contributed by atoms with Crippen LogP contribution in [0.4, 0.5) is 0 Å². The maximum absolute atomic E-state index is 5.95. The number of rotatable bonds is 5. The summed E-state index contributed by atoms with van der Waals surface area (Å²) in [6.45, 7) is 6.53. The number of benzene rings is 1. The highest BCUT2D eigenvalue weighted by Crippen LogP contribution is 2.22. The molecular weight excluding hydrogens is 236 g/mol. The number of nitrogens with one attached hydrogen (secondary N) is 1. The summed E-state index contributed by atoms with van der Waals surface area (Å²) in [4.78, 5) is 2.52. The predicted octanol–water partition coefficient (Wildman–Crippen LogP) is 2.16. The van der Waals surface area contributed by atoms with Crippen LogP contribution < -0.4 is 5.32 Å². The molecule has 2 heterocycles. The van der Waals surface area contributed by atoms with E-state index in [4.69, 9.17) is 4.74 Å². The van der Waals surface area contributed by atoms with Crippen LogP contribution in [0.1, 0.15) is 30.4 Å². The molecule has 19 heavy (non-hydrogen) atoms. The lowest BCUT2D eigenvalue weighted by Gasteiger charge is -2.23. The highest BCUT2D eigenvalue weighted by molar-refractivity contribution is 5.30. The number of hydrogen-bond donors (Lipinski definition) is 1. The summed E-state index contributed by atoms with van der Waals surface area (Å²) in [6.07, 6.45) is 4.00. The maximum atomic E-state index is 5.95. The molecule has 3 nitrogen and oxygen atoms in total. The minimum atomic E-state index is 0.497. The smallest absolute Gasteiger partial charge is 0.0599 e. The Kier molecular flexibility index (Phi) is 4.49. The van der Waals surface area contributed by atoms with Gasteiger partial charge in [-0.15, -0.1) is 0 Å². The lowest BCUT2D eigenvalue weighted by atomic mass is 10.1. The average Bonchev–Trinajstić information content (AvgIpc) is 2.87. The van der Waals surface area contributed by atoms with Gasteiger partial charge in [0, 0.05) is 26.2 Å². The Morgan fingerprint density at radius 3 is 2.47 bits per heavy atom. The molecule has 0 aromatic heterocycles. The van der Waals surface area contributed by atoms with Crippen LogP contribution in [0, 0.1) is 0 Å². The molecule has 0 bridgehead atoms. The van der Waals surface area contributed by atoms with E-state index in [2.05, 4.69) is 34.5 Å². The standard InChI is InChI=1S/C16H24N2O/c1-2-5-15-13-18(12-14(15)4-1)10-3-11-19-16-6-8-17-9-7-16/h1-2,4-5,16-17H,3,6-13H2. The minimum Gasteiger partial charge on any atom is -0.378 e. The number of ether oxygens (including phenoxy) is 1. The molecule has 0 saturated carbocycles. The molecule has 0 atom stereocenters. The van der Waals surface area contributed by atoms with Crippen molar-refractivity contribution in [3.05, 3.63) is 35.4 Å². The van der Waals surface area contributed by atoms with Gasteiger partial charge in [0.15, 0.2) is 0 Å². The minimum absolute atomic E-state index is 0.497. The Morgan fingerprint density at radius 1 is 1.11 bits per heavy atom. The molecule has 0 radical (unpaired) electrons. The fourth-order valence-electron chi connectivity index (χ4n) is 3.06. The van der Waals surface area contributed by atoms with Gasteiger partial charge in [-0.2, -0.15) is 0 Å². The van der Waals surface area contributed by atoms with E-state index in [0.29, 0.717) is 6.10 Å². The molecule has 1 N–H and O–H groups in total. The molecule has 1 saturated heterocycles. The van der Waals surface area contributed by atoms with Crippen LogP contribution >= 0.6 is 0 Å². The van der Waals surface area contributed by atoms with Gasteiger partial charge in [-0.1, -0.05) is 24.3 Å². The highest BCUT2D eigenvalue weighted by atomic mass is 16.5. The molecule has 1 fully saturated rings. The third-order valence-corrected chi connectivity index (χ3v) is 4.16. The van der Waals surface area contributed by atoms with Crippen LogP contribution in [0.2, 0.25) is 0 Å². The normalized spacial score (nSPS) is 20.6. The zero-order valence-corrected chi connectivity index (χ0v) is 11.6. The molecular formula is C16H24N2O. The zero-order valence-electron chi connectivity index (χ0n) is 11.6. The van der Waals surface area contributed by atoms with Crippen molar-refractivity contribution < 1.29 is 4.74 Å². The summed E-state index contributed by atoms with van der Waals surface area (Å²) in [6, 6.07) is 8.78. The molecule has 2 aliphatic rings. The first-order valence-corrected chi connectivity index (χ1v) is 7.53. The Hall–Kier alpha value is -0.900. The fraction of sp³-hybridized carbons (Fsp3) is 0.625. The summed E-state index contributed by atoms with van der Waals surface area (Å²) >= 11 is 0. The van der Waals surface area contributed by atoms with Crippen LogP contribution in [0.3, 0.4) is 0 Å².